The van der Waals surface area contributed by atoms with Crippen molar-refractivity contribution in [3.05, 3.63) is 176 Å². The molecule has 9 rings (SSSR count). The number of nitrogens with one attached hydrogen (secondary N) is 1. The Morgan fingerprint density at radius 1 is 0.400 bits per heavy atom. The number of fused-ring (bicyclic) bond motifs is 1. The van der Waals surface area contributed by atoms with E-state index in [1.807, 2.05) is 72.8 Å². The summed E-state index contributed by atoms with van der Waals surface area (Å²) in [6.45, 7) is 0. The van der Waals surface area contributed by atoms with Crippen LogP contribution in [0.5, 0.6) is 0 Å². The number of benzene rings is 6. The molecule has 0 bridgehead atoms. The number of H-pyrrole nitrogens is 1. The van der Waals surface area contributed by atoms with Crippen LogP contribution in [-0.4, -0.2) is 29.7 Å². The first kappa shape index (κ1) is 29.2. The lowest BCUT2D eigenvalue weighted by Gasteiger charge is -2.11. The van der Waals surface area contributed by atoms with Crippen molar-refractivity contribution >= 4 is 11.2 Å². The molecule has 0 saturated carbocycles. The van der Waals surface area contributed by atoms with E-state index in [-0.39, 0.29) is 0 Å². The summed E-state index contributed by atoms with van der Waals surface area (Å²) in [6.07, 6.45) is 0. The van der Waals surface area contributed by atoms with Crippen LogP contribution in [0.3, 0.4) is 0 Å². The van der Waals surface area contributed by atoms with Crippen LogP contribution in [0, 0.1) is 0 Å². The third kappa shape index (κ3) is 5.45. The molecule has 6 nitrogen and oxygen atoms in total. The molecule has 6 aromatic carbocycles. The maximum absolute atomic E-state index is 5.18. The number of nitrogens with zero attached hydrogens (tertiary/aromatic N) is 5. The second-order valence-electron chi connectivity index (χ2n) is 12.1. The largest absolute Gasteiger partial charge is 0.275 e. The summed E-state index contributed by atoms with van der Waals surface area (Å²) in [4.78, 5) is 15.3. The van der Waals surface area contributed by atoms with Gasteiger partial charge in [0.1, 0.15) is 11.3 Å². The van der Waals surface area contributed by atoms with Gasteiger partial charge in [-0.1, -0.05) is 158 Å². The van der Waals surface area contributed by atoms with Crippen molar-refractivity contribution in [2.75, 3.05) is 0 Å². The maximum atomic E-state index is 5.18. The van der Waals surface area contributed by atoms with E-state index in [0.717, 1.165) is 67.6 Å². The van der Waals surface area contributed by atoms with Gasteiger partial charge in [-0.15, -0.1) is 0 Å². The zero-order valence-electron chi connectivity index (χ0n) is 27.0. The monoisotopic (exact) mass is 642 g/mol. The lowest BCUT2D eigenvalue weighted by atomic mass is 10.0. The zero-order valence-corrected chi connectivity index (χ0v) is 27.0. The van der Waals surface area contributed by atoms with Crippen LogP contribution in [-0.2, 0) is 0 Å². The third-order valence-corrected chi connectivity index (χ3v) is 8.93. The van der Waals surface area contributed by atoms with Gasteiger partial charge in [0, 0.05) is 33.5 Å². The summed E-state index contributed by atoms with van der Waals surface area (Å²) in [5.41, 5.74) is 12.6. The number of para-hydroxylation sites is 1. The van der Waals surface area contributed by atoms with Gasteiger partial charge >= 0.3 is 0 Å². The highest BCUT2D eigenvalue weighted by molar-refractivity contribution is 5.92. The van der Waals surface area contributed by atoms with E-state index in [1.54, 1.807) is 0 Å². The Morgan fingerprint density at radius 2 is 0.860 bits per heavy atom. The van der Waals surface area contributed by atoms with Crippen molar-refractivity contribution in [2.24, 2.45) is 0 Å². The van der Waals surface area contributed by atoms with Gasteiger partial charge in [0.2, 0.25) is 0 Å². The smallest absolute Gasteiger partial charge is 0.187 e. The fraction of sp³-hybridized carbons (Fsp3) is 0. The average Bonchev–Trinajstić information content (AvgIpc) is 3.79. The van der Waals surface area contributed by atoms with Crippen molar-refractivity contribution in [3.63, 3.8) is 0 Å². The number of hydrogen-bond donors (Lipinski definition) is 1. The predicted octanol–water partition coefficient (Wildman–Crippen LogP) is 10.5. The molecule has 3 heterocycles. The number of imidazole rings is 1. The molecule has 6 heteroatoms. The highest BCUT2D eigenvalue weighted by atomic mass is 15.2. The Morgan fingerprint density at radius 3 is 1.44 bits per heavy atom. The maximum Gasteiger partial charge on any atom is 0.187 e. The highest BCUT2D eigenvalue weighted by Gasteiger charge is 2.21. The topological polar surface area (TPSA) is 72.3 Å². The van der Waals surface area contributed by atoms with Crippen LogP contribution in [0.4, 0.5) is 0 Å². The molecular weight excluding hydrogens is 613 g/mol. The highest BCUT2D eigenvalue weighted by Crippen LogP contribution is 2.34. The Bertz CT molecular complexity index is 2540. The van der Waals surface area contributed by atoms with Gasteiger partial charge in [-0.25, -0.2) is 15.0 Å². The average molecular weight is 643 g/mol. The molecule has 0 amide bonds. The molecule has 0 atom stereocenters. The fourth-order valence-electron chi connectivity index (χ4n) is 6.38. The van der Waals surface area contributed by atoms with Gasteiger partial charge in [0.25, 0.3) is 0 Å². The van der Waals surface area contributed by atoms with Crippen LogP contribution in [0.25, 0.3) is 84.5 Å². The van der Waals surface area contributed by atoms with Crippen LogP contribution in [0.2, 0.25) is 0 Å². The Labute approximate surface area is 289 Å². The molecule has 0 fully saturated rings. The molecule has 0 spiro atoms. The molecule has 50 heavy (non-hydrogen) atoms. The quantitative estimate of drug-likeness (QED) is 0.188. The minimum Gasteiger partial charge on any atom is -0.275 e. The van der Waals surface area contributed by atoms with Crippen LogP contribution < -0.4 is 0 Å². The minimum absolute atomic E-state index is 0.684. The predicted molar refractivity (Wildman–Crippen MR) is 201 cm³/mol. The van der Waals surface area contributed by atoms with Gasteiger partial charge in [0.15, 0.2) is 11.5 Å². The second-order valence-corrected chi connectivity index (χ2v) is 12.1. The summed E-state index contributed by atoms with van der Waals surface area (Å²) >= 11 is 0. The lowest BCUT2D eigenvalue weighted by Crippen LogP contribution is -1.99. The molecular formula is C44H30N6. The molecule has 0 aliphatic rings. The van der Waals surface area contributed by atoms with Crippen molar-refractivity contribution in [1.29, 1.82) is 0 Å². The van der Waals surface area contributed by atoms with Crippen LogP contribution in [0.1, 0.15) is 0 Å². The SMILES string of the molecule is c1ccc(-c2ccc(-c3cc(-c4ccc(-c5nc6c(-c7ccccc7)[nH]nc6n5-c5ccccc5)cc4)nc(-c4ccccc4)n3)cc2)cc1. The Hall–Kier alpha value is -6.92. The molecule has 0 radical (unpaired) electrons. The van der Waals surface area contributed by atoms with E-state index >= 15 is 0 Å². The third-order valence-electron chi connectivity index (χ3n) is 8.93. The molecule has 0 aliphatic carbocycles. The van der Waals surface area contributed by atoms with Gasteiger partial charge in [-0.3, -0.25) is 9.67 Å². The van der Waals surface area contributed by atoms with Crippen molar-refractivity contribution in [1.82, 2.24) is 29.7 Å². The minimum atomic E-state index is 0.684. The number of rotatable bonds is 7. The van der Waals surface area contributed by atoms with Gasteiger partial charge in [-0.2, -0.15) is 5.10 Å². The number of aromatic amines is 1. The van der Waals surface area contributed by atoms with Crippen molar-refractivity contribution < 1.29 is 0 Å². The van der Waals surface area contributed by atoms with Crippen LogP contribution >= 0.6 is 0 Å². The van der Waals surface area contributed by atoms with Gasteiger partial charge < -0.3 is 0 Å². The fourth-order valence-corrected chi connectivity index (χ4v) is 6.38. The van der Waals surface area contributed by atoms with E-state index in [2.05, 4.69) is 113 Å². The molecule has 3 aromatic heterocycles. The summed E-state index contributed by atoms with van der Waals surface area (Å²) in [5, 5.41) is 7.97. The second kappa shape index (κ2) is 12.6. The molecule has 236 valence electrons. The molecule has 9 aromatic rings. The van der Waals surface area contributed by atoms with Crippen molar-refractivity contribution in [3.8, 4) is 73.4 Å². The zero-order chi connectivity index (χ0) is 33.3. The first-order valence-electron chi connectivity index (χ1n) is 16.6. The van der Waals surface area contributed by atoms with Crippen molar-refractivity contribution in [2.45, 2.75) is 0 Å². The van der Waals surface area contributed by atoms with Crippen LogP contribution in [0.15, 0.2) is 176 Å². The van der Waals surface area contributed by atoms with E-state index in [1.165, 1.54) is 11.1 Å². The molecule has 0 saturated heterocycles. The number of aromatic nitrogens is 6. The van der Waals surface area contributed by atoms with Gasteiger partial charge in [-0.05, 0) is 29.3 Å². The molecule has 0 unspecified atom stereocenters. The first-order chi connectivity index (χ1) is 24.8. The molecule has 1 N–H and O–H groups in total. The first-order valence-corrected chi connectivity index (χ1v) is 16.6. The standard InChI is InChI=1S/C44H30N6/c1-5-13-30(14-6-1)31-21-23-32(24-22-31)38-29-39(46-42(45-38)35-17-9-3-10-18-35)33-25-27-36(28-26-33)43-47-41-40(34-15-7-2-8-16-34)48-49-44(41)50(43)37-19-11-4-12-20-37/h1-29H,(H,48,49). The molecule has 0 aliphatic heterocycles. The summed E-state index contributed by atoms with van der Waals surface area (Å²) in [6, 6.07) is 60.1. The van der Waals surface area contributed by atoms with Gasteiger partial charge in [0.05, 0.1) is 17.1 Å². The number of hydrogen-bond acceptors (Lipinski definition) is 4. The summed E-state index contributed by atoms with van der Waals surface area (Å²) in [5.74, 6) is 1.50. The van der Waals surface area contributed by atoms with E-state index in [0.29, 0.717) is 5.82 Å². The van der Waals surface area contributed by atoms with E-state index in [4.69, 9.17) is 20.1 Å². The Kier molecular flexibility index (Phi) is 7.37. The lowest BCUT2D eigenvalue weighted by molar-refractivity contribution is 1.02. The van der Waals surface area contributed by atoms with E-state index < -0.39 is 0 Å². The Balaban J connectivity index is 1.13. The van der Waals surface area contributed by atoms with E-state index in [9.17, 15) is 0 Å². The normalized spacial score (nSPS) is 11.2. The summed E-state index contributed by atoms with van der Waals surface area (Å²) in [7, 11) is 0. The summed E-state index contributed by atoms with van der Waals surface area (Å²) < 4.78 is 2.11.